The largest absolute Gasteiger partial charge is 0.497 e. The van der Waals surface area contributed by atoms with E-state index in [0.29, 0.717) is 23.0 Å². The van der Waals surface area contributed by atoms with Crippen molar-refractivity contribution in [1.82, 2.24) is 15.3 Å². The summed E-state index contributed by atoms with van der Waals surface area (Å²) in [6.07, 6.45) is 0. The minimum atomic E-state index is -0.380. The third-order valence-corrected chi connectivity index (χ3v) is 3.96. The number of amides is 1. The second-order valence-corrected chi connectivity index (χ2v) is 5.83. The summed E-state index contributed by atoms with van der Waals surface area (Å²) in [5.74, 6) is 0.370. The quantitative estimate of drug-likeness (QED) is 0.668. The average Bonchev–Trinajstić information content (AvgIpc) is 3.12. The molecule has 0 saturated carbocycles. The van der Waals surface area contributed by atoms with Crippen molar-refractivity contribution in [3.05, 3.63) is 65.3 Å². The number of rotatable bonds is 6. The Morgan fingerprint density at radius 2 is 1.85 bits per heavy atom. The number of carbonyl (C=O) groups excluding carboxylic acids is 1. The molecule has 6 nitrogen and oxygen atoms in total. The van der Waals surface area contributed by atoms with E-state index in [-0.39, 0.29) is 5.91 Å². The molecule has 0 unspecified atom stereocenters. The van der Waals surface area contributed by atoms with Gasteiger partial charge in [0.15, 0.2) is 0 Å². The summed E-state index contributed by atoms with van der Waals surface area (Å²) in [5, 5.41) is 5.19. The zero-order valence-corrected chi connectivity index (χ0v) is 15.2. The van der Waals surface area contributed by atoms with Crippen LogP contribution in [0.15, 0.2) is 54.6 Å². The van der Waals surface area contributed by atoms with E-state index in [1.54, 1.807) is 49.0 Å². The molecule has 1 heterocycles. The van der Waals surface area contributed by atoms with Gasteiger partial charge >= 0.3 is 0 Å². The molecule has 1 amide bonds. The van der Waals surface area contributed by atoms with E-state index in [4.69, 9.17) is 21.2 Å². The highest BCUT2D eigenvalue weighted by Crippen LogP contribution is 2.24. The summed E-state index contributed by atoms with van der Waals surface area (Å²) < 4.78 is 6.74. The van der Waals surface area contributed by atoms with Crippen molar-refractivity contribution in [3.8, 4) is 22.7 Å². The van der Waals surface area contributed by atoms with Crippen molar-refractivity contribution in [2.75, 3.05) is 13.7 Å². The van der Waals surface area contributed by atoms with Gasteiger partial charge in [-0.15, -0.1) is 0 Å². The van der Waals surface area contributed by atoms with Crippen LogP contribution in [0, 0.1) is 0 Å². The number of hydrogen-bond donors (Lipinski definition) is 1. The summed E-state index contributed by atoms with van der Waals surface area (Å²) in [5.41, 5.74) is 5.00. The number of ether oxygens (including phenoxy) is 1. The van der Waals surface area contributed by atoms with Crippen LogP contribution < -0.4 is 10.2 Å². The number of hydroxylamine groups is 1. The smallest absolute Gasteiger partial charge is 0.293 e. The van der Waals surface area contributed by atoms with Crippen molar-refractivity contribution in [1.29, 1.82) is 0 Å². The second kappa shape index (κ2) is 8.03. The van der Waals surface area contributed by atoms with Gasteiger partial charge < -0.3 is 4.74 Å². The van der Waals surface area contributed by atoms with Gasteiger partial charge in [-0.1, -0.05) is 11.6 Å². The average molecular weight is 372 g/mol. The molecule has 3 aromatic rings. The van der Waals surface area contributed by atoms with E-state index >= 15 is 0 Å². The van der Waals surface area contributed by atoms with Crippen LogP contribution in [0.3, 0.4) is 0 Å². The number of nitrogens with zero attached hydrogens (tertiary/aromatic N) is 2. The lowest BCUT2D eigenvalue weighted by molar-refractivity contribution is 0.0357. The Bertz CT molecular complexity index is 889. The SMILES string of the molecule is CCONC(=O)c1cc(-c2ccc(OC)cc2)nn1-c1ccc(Cl)cc1. The van der Waals surface area contributed by atoms with Gasteiger partial charge in [-0.2, -0.15) is 5.10 Å². The Balaban J connectivity index is 2.03. The molecule has 3 rings (SSSR count). The van der Waals surface area contributed by atoms with Crippen LogP contribution >= 0.6 is 11.6 Å². The predicted molar refractivity (Wildman–Crippen MR) is 99.7 cm³/mol. The fourth-order valence-electron chi connectivity index (χ4n) is 2.41. The molecular formula is C19H18ClN3O3. The van der Waals surface area contributed by atoms with Gasteiger partial charge in [0, 0.05) is 10.6 Å². The van der Waals surface area contributed by atoms with Gasteiger partial charge in [-0.25, -0.2) is 10.2 Å². The molecule has 0 bridgehead atoms. The lowest BCUT2D eigenvalue weighted by Crippen LogP contribution is -2.26. The van der Waals surface area contributed by atoms with Crippen LogP contribution in [-0.2, 0) is 4.84 Å². The molecule has 26 heavy (non-hydrogen) atoms. The lowest BCUT2D eigenvalue weighted by atomic mass is 10.1. The highest BCUT2D eigenvalue weighted by molar-refractivity contribution is 6.30. The minimum absolute atomic E-state index is 0.353. The standard InChI is InChI=1S/C19H18ClN3O3/c1-3-26-22-19(24)18-12-17(13-4-10-16(25-2)11-5-13)21-23(18)15-8-6-14(20)7-9-15/h4-12H,3H2,1-2H3,(H,22,24). The summed E-state index contributed by atoms with van der Waals surface area (Å²) in [6.45, 7) is 2.16. The number of hydrogen-bond acceptors (Lipinski definition) is 4. The van der Waals surface area contributed by atoms with Gasteiger partial charge in [0.05, 0.1) is 25.1 Å². The fourth-order valence-corrected chi connectivity index (χ4v) is 2.54. The number of aromatic nitrogens is 2. The lowest BCUT2D eigenvalue weighted by Gasteiger charge is -2.07. The zero-order valence-electron chi connectivity index (χ0n) is 14.4. The molecule has 134 valence electrons. The first-order valence-electron chi connectivity index (χ1n) is 8.05. The highest BCUT2D eigenvalue weighted by Gasteiger charge is 2.18. The maximum Gasteiger partial charge on any atom is 0.293 e. The molecule has 0 spiro atoms. The van der Waals surface area contributed by atoms with E-state index in [1.165, 1.54) is 0 Å². The maximum atomic E-state index is 12.5. The molecule has 7 heteroatoms. The summed E-state index contributed by atoms with van der Waals surface area (Å²) in [4.78, 5) is 17.5. The number of nitrogens with one attached hydrogen (secondary N) is 1. The Kier molecular flexibility index (Phi) is 5.55. The highest BCUT2D eigenvalue weighted by atomic mass is 35.5. The van der Waals surface area contributed by atoms with Gasteiger partial charge in [0.2, 0.25) is 0 Å². The third-order valence-electron chi connectivity index (χ3n) is 3.71. The number of halogens is 1. The summed E-state index contributed by atoms with van der Waals surface area (Å²) in [7, 11) is 1.61. The van der Waals surface area contributed by atoms with Crippen LogP contribution in [0.4, 0.5) is 0 Å². The molecule has 1 N–H and O–H groups in total. The van der Waals surface area contributed by atoms with E-state index in [0.717, 1.165) is 17.0 Å². The predicted octanol–water partition coefficient (Wildman–Crippen LogP) is 3.88. The molecule has 0 fully saturated rings. The van der Waals surface area contributed by atoms with Crippen molar-refractivity contribution in [2.45, 2.75) is 6.92 Å². The second-order valence-electron chi connectivity index (χ2n) is 5.40. The normalized spacial score (nSPS) is 10.6. The van der Waals surface area contributed by atoms with Gasteiger partial charge in [-0.05, 0) is 61.5 Å². The molecule has 2 aromatic carbocycles. The number of carbonyl (C=O) groups is 1. The van der Waals surface area contributed by atoms with Gasteiger partial charge in [0.25, 0.3) is 5.91 Å². The van der Waals surface area contributed by atoms with Crippen molar-refractivity contribution in [3.63, 3.8) is 0 Å². The van der Waals surface area contributed by atoms with Crippen LogP contribution in [0.5, 0.6) is 5.75 Å². The third kappa shape index (κ3) is 3.87. The van der Waals surface area contributed by atoms with E-state index in [2.05, 4.69) is 10.6 Å². The van der Waals surface area contributed by atoms with Crippen molar-refractivity contribution < 1.29 is 14.4 Å². The summed E-state index contributed by atoms with van der Waals surface area (Å²) in [6, 6.07) is 16.3. The monoisotopic (exact) mass is 371 g/mol. The molecular weight excluding hydrogens is 354 g/mol. The van der Waals surface area contributed by atoms with Crippen LogP contribution in [0.2, 0.25) is 5.02 Å². The Morgan fingerprint density at radius 1 is 1.15 bits per heavy atom. The van der Waals surface area contributed by atoms with E-state index in [1.807, 2.05) is 24.3 Å². The Labute approximate surface area is 156 Å². The van der Waals surface area contributed by atoms with Crippen LogP contribution in [-0.4, -0.2) is 29.4 Å². The van der Waals surface area contributed by atoms with E-state index in [9.17, 15) is 4.79 Å². The number of benzene rings is 2. The minimum Gasteiger partial charge on any atom is -0.497 e. The van der Waals surface area contributed by atoms with Crippen LogP contribution in [0.25, 0.3) is 16.9 Å². The molecule has 0 aliphatic carbocycles. The topological polar surface area (TPSA) is 65.4 Å². The summed E-state index contributed by atoms with van der Waals surface area (Å²) >= 11 is 5.96. The first-order chi connectivity index (χ1) is 12.6. The first kappa shape index (κ1) is 18.0. The molecule has 0 radical (unpaired) electrons. The van der Waals surface area contributed by atoms with Gasteiger partial charge in [0.1, 0.15) is 11.4 Å². The molecule has 0 saturated heterocycles. The van der Waals surface area contributed by atoms with Gasteiger partial charge in [-0.3, -0.25) is 9.63 Å². The van der Waals surface area contributed by atoms with Crippen molar-refractivity contribution in [2.24, 2.45) is 0 Å². The van der Waals surface area contributed by atoms with E-state index < -0.39 is 0 Å². The number of methoxy groups -OCH3 is 1. The van der Waals surface area contributed by atoms with Crippen LogP contribution in [0.1, 0.15) is 17.4 Å². The van der Waals surface area contributed by atoms with Crippen molar-refractivity contribution >= 4 is 17.5 Å². The molecule has 1 aromatic heterocycles. The fraction of sp³-hybridized carbons (Fsp3) is 0.158. The molecule has 0 atom stereocenters. The molecule has 0 aliphatic rings. The molecule has 0 aliphatic heterocycles. The Hall–Kier alpha value is -2.83. The zero-order chi connectivity index (χ0) is 18.5. The maximum absolute atomic E-state index is 12.5. The Morgan fingerprint density at radius 3 is 2.46 bits per heavy atom. The first-order valence-corrected chi connectivity index (χ1v) is 8.42.